The van der Waals surface area contributed by atoms with Crippen molar-refractivity contribution in [3.63, 3.8) is 0 Å². The van der Waals surface area contributed by atoms with Gasteiger partial charge in [0.15, 0.2) is 0 Å². The second kappa shape index (κ2) is 6.80. The van der Waals surface area contributed by atoms with Crippen LogP contribution in [0.1, 0.15) is 38.5 Å². The Kier molecular flexibility index (Phi) is 5.65. The summed E-state index contributed by atoms with van der Waals surface area (Å²) in [5.41, 5.74) is 5.42. The van der Waals surface area contributed by atoms with Gasteiger partial charge in [0.25, 0.3) is 0 Å². The van der Waals surface area contributed by atoms with Crippen LogP contribution in [0.4, 0.5) is 0 Å². The van der Waals surface area contributed by atoms with Crippen molar-refractivity contribution < 1.29 is 9.90 Å². The van der Waals surface area contributed by atoms with E-state index in [1.165, 1.54) is 19.3 Å². The van der Waals surface area contributed by atoms with E-state index in [9.17, 15) is 4.79 Å². The van der Waals surface area contributed by atoms with Crippen LogP contribution in [-0.4, -0.2) is 30.2 Å². The number of carboxylic acids is 1. The van der Waals surface area contributed by atoms with Crippen LogP contribution in [0.5, 0.6) is 0 Å². The van der Waals surface area contributed by atoms with E-state index in [-0.39, 0.29) is 0 Å². The van der Waals surface area contributed by atoms with Crippen LogP contribution in [0.25, 0.3) is 0 Å². The topological polar surface area (TPSA) is 75.3 Å². The monoisotopic (exact) mass is 214 g/mol. The van der Waals surface area contributed by atoms with E-state index in [2.05, 4.69) is 5.32 Å². The lowest BCUT2D eigenvalue weighted by Gasteiger charge is -2.22. The first-order chi connectivity index (χ1) is 7.20. The van der Waals surface area contributed by atoms with Gasteiger partial charge in [0.2, 0.25) is 0 Å². The molecule has 0 radical (unpaired) electrons. The number of piperidine rings is 1. The highest BCUT2D eigenvalue weighted by molar-refractivity contribution is 5.72. The van der Waals surface area contributed by atoms with Gasteiger partial charge in [-0.3, -0.25) is 4.79 Å². The second-order valence-corrected chi connectivity index (χ2v) is 4.44. The highest BCUT2D eigenvalue weighted by Crippen LogP contribution is 2.17. The molecular weight excluding hydrogens is 192 g/mol. The van der Waals surface area contributed by atoms with Crippen molar-refractivity contribution >= 4 is 5.97 Å². The number of aliphatic carboxylic acids is 1. The molecule has 1 aliphatic heterocycles. The molecule has 2 atom stereocenters. The van der Waals surface area contributed by atoms with Crippen LogP contribution in [0, 0.1) is 5.92 Å². The standard InChI is InChI=1S/C11H22N2O2/c12-10(11(14)15)6-2-1-4-9-5-3-7-13-8-9/h9-10,13H,1-8,12H2,(H,14,15)/t9?,10-/m0/s1. The van der Waals surface area contributed by atoms with E-state index in [0.29, 0.717) is 6.42 Å². The normalized spacial score (nSPS) is 23.7. The fourth-order valence-electron chi connectivity index (χ4n) is 2.09. The molecule has 4 N–H and O–H groups in total. The summed E-state index contributed by atoms with van der Waals surface area (Å²) in [7, 11) is 0. The Hall–Kier alpha value is -0.610. The first-order valence-corrected chi connectivity index (χ1v) is 5.89. The number of unbranched alkanes of at least 4 members (excludes halogenated alkanes) is 1. The Labute approximate surface area is 91.2 Å². The van der Waals surface area contributed by atoms with E-state index in [1.807, 2.05) is 0 Å². The van der Waals surface area contributed by atoms with E-state index >= 15 is 0 Å². The summed E-state index contributed by atoms with van der Waals surface area (Å²) in [6.07, 6.45) is 6.45. The quantitative estimate of drug-likeness (QED) is 0.576. The van der Waals surface area contributed by atoms with Gasteiger partial charge in [0.1, 0.15) is 6.04 Å². The number of nitrogens with one attached hydrogen (secondary N) is 1. The van der Waals surface area contributed by atoms with E-state index in [0.717, 1.165) is 31.8 Å². The summed E-state index contributed by atoms with van der Waals surface area (Å²) in [6.45, 7) is 2.28. The fourth-order valence-corrected chi connectivity index (χ4v) is 2.09. The lowest BCUT2D eigenvalue weighted by Crippen LogP contribution is -2.30. The summed E-state index contributed by atoms with van der Waals surface area (Å²) in [4.78, 5) is 10.5. The second-order valence-electron chi connectivity index (χ2n) is 4.44. The van der Waals surface area contributed by atoms with Gasteiger partial charge in [-0.1, -0.05) is 12.8 Å². The third-order valence-corrected chi connectivity index (χ3v) is 3.09. The third kappa shape index (κ3) is 5.14. The summed E-state index contributed by atoms with van der Waals surface area (Å²) in [6, 6.07) is -0.672. The predicted octanol–water partition coefficient (Wildman–Crippen LogP) is 0.958. The van der Waals surface area contributed by atoms with E-state index < -0.39 is 12.0 Å². The van der Waals surface area contributed by atoms with Gasteiger partial charge in [-0.2, -0.15) is 0 Å². The largest absolute Gasteiger partial charge is 0.480 e. The number of carboxylic acid groups (broad SMARTS) is 1. The van der Waals surface area contributed by atoms with Crippen molar-refractivity contribution in [2.24, 2.45) is 11.7 Å². The molecule has 0 saturated carbocycles. The number of nitrogens with two attached hydrogens (primary N) is 1. The third-order valence-electron chi connectivity index (χ3n) is 3.09. The first kappa shape index (κ1) is 12.5. The molecule has 1 saturated heterocycles. The minimum absolute atomic E-state index is 0.607. The Bertz CT molecular complexity index is 191. The molecule has 0 spiro atoms. The summed E-state index contributed by atoms with van der Waals surface area (Å²) in [5, 5.41) is 12.0. The molecule has 0 aromatic carbocycles. The molecule has 88 valence electrons. The van der Waals surface area contributed by atoms with Crippen molar-refractivity contribution in [3.05, 3.63) is 0 Å². The molecule has 4 heteroatoms. The summed E-state index contributed by atoms with van der Waals surface area (Å²) in [5.74, 6) is -0.0888. The maximum atomic E-state index is 10.5. The molecular formula is C11H22N2O2. The fraction of sp³-hybridized carbons (Fsp3) is 0.909. The molecule has 0 bridgehead atoms. The lowest BCUT2D eigenvalue weighted by atomic mass is 9.93. The smallest absolute Gasteiger partial charge is 0.320 e. The molecule has 4 nitrogen and oxygen atoms in total. The molecule has 1 fully saturated rings. The number of hydrogen-bond donors (Lipinski definition) is 3. The van der Waals surface area contributed by atoms with E-state index in [4.69, 9.17) is 10.8 Å². The maximum Gasteiger partial charge on any atom is 0.320 e. The Morgan fingerprint density at radius 2 is 2.33 bits per heavy atom. The highest BCUT2D eigenvalue weighted by Gasteiger charge is 2.14. The minimum atomic E-state index is -0.880. The summed E-state index contributed by atoms with van der Waals surface area (Å²) < 4.78 is 0. The Balaban J connectivity index is 1.98. The zero-order chi connectivity index (χ0) is 11.1. The van der Waals surface area contributed by atoms with Crippen LogP contribution in [0.15, 0.2) is 0 Å². The van der Waals surface area contributed by atoms with Crippen molar-refractivity contribution in [3.8, 4) is 0 Å². The number of rotatable bonds is 6. The molecule has 0 aromatic rings. The lowest BCUT2D eigenvalue weighted by molar-refractivity contribution is -0.138. The van der Waals surface area contributed by atoms with Gasteiger partial charge < -0.3 is 16.2 Å². The molecule has 0 aromatic heterocycles. The average Bonchev–Trinajstić information content (AvgIpc) is 2.25. The SMILES string of the molecule is N[C@@H](CCCCC1CCCNC1)C(=O)O. The molecule has 1 unspecified atom stereocenters. The van der Waals surface area contributed by atoms with Gasteiger partial charge in [-0.25, -0.2) is 0 Å². The minimum Gasteiger partial charge on any atom is -0.480 e. The first-order valence-electron chi connectivity index (χ1n) is 5.89. The van der Waals surface area contributed by atoms with Gasteiger partial charge in [0.05, 0.1) is 0 Å². The predicted molar refractivity (Wildman–Crippen MR) is 59.7 cm³/mol. The molecule has 1 heterocycles. The van der Waals surface area contributed by atoms with Crippen LogP contribution in [0.3, 0.4) is 0 Å². The van der Waals surface area contributed by atoms with Crippen molar-refractivity contribution in [1.29, 1.82) is 0 Å². The molecule has 0 aliphatic carbocycles. The van der Waals surface area contributed by atoms with Crippen LogP contribution in [-0.2, 0) is 4.79 Å². The van der Waals surface area contributed by atoms with Crippen molar-refractivity contribution in [2.45, 2.75) is 44.6 Å². The molecule has 0 amide bonds. The molecule has 1 rings (SSSR count). The van der Waals surface area contributed by atoms with Crippen LogP contribution < -0.4 is 11.1 Å². The zero-order valence-electron chi connectivity index (χ0n) is 9.24. The van der Waals surface area contributed by atoms with E-state index in [1.54, 1.807) is 0 Å². The summed E-state index contributed by atoms with van der Waals surface area (Å²) >= 11 is 0. The highest BCUT2D eigenvalue weighted by atomic mass is 16.4. The Morgan fingerprint density at radius 1 is 1.53 bits per heavy atom. The average molecular weight is 214 g/mol. The number of carbonyl (C=O) groups is 1. The zero-order valence-corrected chi connectivity index (χ0v) is 9.24. The van der Waals surface area contributed by atoms with Gasteiger partial charge in [-0.15, -0.1) is 0 Å². The molecule has 1 aliphatic rings. The molecule has 15 heavy (non-hydrogen) atoms. The maximum absolute atomic E-state index is 10.5. The van der Waals surface area contributed by atoms with Crippen molar-refractivity contribution in [1.82, 2.24) is 5.32 Å². The van der Waals surface area contributed by atoms with Gasteiger partial charge >= 0.3 is 5.97 Å². The van der Waals surface area contributed by atoms with Gasteiger partial charge in [-0.05, 0) is 44.7 Å². The van der Waals surface area contributed by atoms with Crippen LogP contribution >= 0.6 is 0 Å². The number of hydrogen-bond acceptors (Lipinski definition) is 3. The van der Waals surface area contributed by atoms with Crippen molar-refractivity contribution in [2.75, 3.05) is 13.1 Å². The van der Waals surface area contributed by atoms with Crippen LogP contribution in [0.2, 0.25) is 0 Å². The van der Waals surface area contributed by atoms with Gasteiger partial charge in [0, 0.05) is 0 Å². The Morgan fingerprint density at radius 3 is 2.93 bits per heavy atom.